The Morgan fingerprint density at radius 3 is 1.73 bits per heavy atom. The van der Waals surface area contributed by atoms with E-state index in [0.29, 0.717) is 28.6 Å². The Bertz CT molecular complexity index is 2750. The van der Waals surface area contributed by atoms with Gasteiger partial charge in [-0.05, 0) is 78.2 Å². The molecule has 0 aromatic heterocycles. The van der Waals surface area contributed by atoms with Crippen molar-refractivity contribution in [3.63, 3.8) is 0 Å². The highest BCUT2D eigenvalue weighted by atomic mass is 16.1. The zero-order valence-electron chi connectivity index (χ0n) is 25.5. The maximum absolute atomic E-state index is 13.7. The van der Waals surface area contributed by atoms with Gasteiger partial charge in [-0.2, -0.15) is 0 Å². The Labute approximate surface area is 275 Å². The van der Waals surface area contributed by atoms with E-state index in [2.05, 4.69) is 77.4 Å². The predicted molar refractivity (Wildman–Crippen MR) is 195 cm³/mol. The topological polar surface area (TPSA) is 70.6 Å². The van der Waals surface area contributed by atoms with Crippen LogP contribution in [0.25, 0.3) is 66.4 Å². The van der Waals surface area contributed by atoms with Crippen molar-refractivity contribution in [2.24, 2.45) is 4.99 Å². The van der Waals surface area contributed by atoms with Crippen molar-refractivity contribution in [2.45, 2.75) is 0 Å². The highest BCUT2D eigenvalue weighted by Gasteiger charge is 2.30. The number of aliphatic imine (C=N–C) groups is 1. The third-order valence-corrected chi connectivity index (χ3v) is 9.74. The van der Waals surface area contributed by atoms with E-state index in [-0.39, 0.29) is 11.6 Å². The molecule has 224 valence electrons. The van der Waals surface area contributed by atoms with E-state index in [1.807, 2.05) is 60.7 Å². The molecule has 2 N–H and O–H groups in total. The summed E-state index contributed by atoms with van der Waals surface area (Å²) in [7, 11) is 0. The minimum absolute atomic E-state index is 0.134. The van der Waals surface area contributed by atoms with Gasteiger partial charge in [0.05, 0.1) is 11.1 Å². The van der Waals surface area contributed by atoms with E-state index in [9.17, 15) is 9.59 Å². The molecule has 0 amide bonds. The third-order valence-electron chi connectivity index (χ3n) is 9.74. The molecule has 0 saturated heterocycles. The Balaban J connectivity index is 1.32. The standard InChI is InChI=1S/C43H25N3O2/c47-34-22-19-24-8-1-3-13-28(24)39(34)42-44-41(45-43(46-42)40-29-14-4-2-9-25(29)20-23-35(40)48)33-21-18-27-12-6-16-31-30-15-5-10-26-11-7-17-32(36(26)30)38(33)37(27)31/h1-23,46H,(H,44,45)/b42-39+,43-40+. The highest BCUT2D eigenvalue weighted by Crippen LogP contribution is 2.42. The number of nitrogens with one attached hydrogen (secondary N) is 2. The van der Waals surface area contributed by atoms with E-state index in [1.54, 1.807) is 12.2 Å². The molecule has 0 fully saturated rings. The summed E-state index contributed by atoms with van der Waals surface area (Å²) in [5, 5.41) is 16.2. The lowest BCUT2D eigenvalue weighted by atomic mass is 9.87. The van der Waals surface area contributed by atoms with Gasteiger partial charge in [0.2, 0.25) is 0 Å². The number of amidine groups is 1. The minimum Gasteiger partial charge on any atom is -0.325 e. The van der Waals surface area contributed by atoms with Crippen LogP contribution < -0.4 is 10.6 Å². The van der Waals surface area contributed by atoms with Crippen molar-refractivity contribution < 1.29 is 9.59 Å². The number of carbonyl (C=O) groups is 2. The van der Waals surface area contributed by atoms with E-state index in [1.165, 1.54) is 21.5 Å². The average Bonchev–Trinajstić information content (AvgIpc) is 3.13. The third kappa shape index (κ3) is 3.76. The Morgan fingerprint density at radius 2 is 1.02 bits per heavy atom. The van der Waals surface area contributed by atoms with Gasteiger partial charge < -0.3 is 10.6 Å². The molecular weight excluding hydrogens is 590 g/mol. The molecule has 0 saturated carbocycles. The molecule has 0 spiro atoms. The molecule has 0 bridgehead atoms. The van der Waals surface area contributed by atoms with E-state index in [0.717, 1.165) is 49.4 Å². The van der Waals surface area contributed by atoms with Gasteiger partial charge in [-0.15, -0.1) is 0 Å². The van der Waals surface area contributed by atoms with Crippen LogP contribution in [0.5, 0.6) is 0 Å². The number of fused-ring (bicyclic) bond motifs is 4. The predicted octanol–water partition coefficient (Wildman–Crippen LogP) is 8.61. The van der Waals surface area contributed by atoms with Crippen LogP contribution in [0.3, 0.4) is 0 Å². The molecule has 3 aliphatic rings. The normalized spacial score (nSPS) is 18.7. The number of benzene rings is 7. The van der Waals surface area contributed by atoms with Crippen LogP contribution in [0.1, 0.15) is 27.8 Å². The SMILES string of the molecule is O=C1C=Cc2ccccc2/C1=C1/N=C(c2ccc3cccc4c5cccc6cccc(c2c34)c65)N/C(=C2\C(=O)C=Cc3ccccc32)N1. The summed E-state index contributed by atoms with van der Waals surface area (Å²) in [6.45, 7) is 0. The van der Waals surface area contributed by atoms with Crippen molar-refractivity contribution >= 4 is 83.8 Å². The number of ketones is 2. The van der Waals surface area contributed by atoms with Gasteiger partial charge in [0.1, 0.15) is 17.5 Å². The van der Waals surface area contributed by atoms with Gasteiger partial charge in [0, 0.05) is 10.9 Å². The summed E-state index contributed by atoms with van der Waals surface area (Å²) in [6.07, 6.45) is 6.87. The van der Waals surface area contributed by atoms with Crippen molar-refractivity contribution in [1.82, 2.24) is 10.6 Å². The quantitative estimate of drug-likeness (QED) is 0.110. The Hall–Kier alpha value is -6.59. The van der Waals surface area contributed by atoms with Gasteiger partial charge in [-0.25, -0.2) is 4.99 Å². The average molecular weight is 616 g/mol. The first-order valence-electron chi connectivity index (χ1n) is 16.0. The fourth-order valence-electron chi connectivity index (χ4n) is 7.67. The molecule has 10 rings (SSSR count). The van der Waals surface area contributed by atoms with Crippen LogP contribution >= 0.6 is 0 Å². The number of hydrogen-bond donors (Lipinski definition) is 2. The van der Waals surface area contributed by atoms with E-state index in [4.69, 9.17) is 4.99 Å². The largest absolute Gasteiger partial charge is 0.325 e. The first-order chi connectivity index (χ1) is 23.6. The van der Waals surface area contributed by atoms with Crippen LogP contribution in [0.15, 0.2) is 144 Å². The summed E-state index contributed by atoms with van der Waals surface area (Å²) in [5.74, 6) is 1.15. The second-order valence-corrected chi connectivity index (χ2v) is 12.4. The van der Waals surface area contributed by atoms with Crippen molar-refractivity contribution in [3.05, 3.63) is 167 Å². The van der Waals surface area contributed by atoms with Crippen molar-refractivity contribution in [2.75, 3.05) is 0 Å². The van der Waals surface area contributed by atoms with Crippen LogP contribution in [-0.2, 0) is 9.59 Å². The number of carbonyl (C=O) groups excluding carboxylic acids is 2. The highest BCUT2D eigenvalue weighted by molar-refractivity contribution is 6.37. The summed E-state index contributed by atoms with van der Waals surface area (Å²) in [4.78, 5) is 32.6. The van der Waals surface area contributed by atoms with Gasteiger partial charge in [0.15, 0.2) is 11.6 Å². The molecule has 2 aliphatic carbocycles. The van der Waals surface area contributed by atoms with E-state index >= 15 is 0 Å². The lowest BCUT2D eigenvalue weighted by Crippen LogP contribution is -2.39. The zero-order chi connectivity index (χ0) is 31.9. The molecule has 1 aliphatic heterocycles. The molecular formula is C43H25N3O2. The molecule has 7 aromatic rings. The second kappa shape index (κ2) is 9.95. The Kier molecular flexibility index (Phi) is 5.52. The molecule has 0 radical (unpaired) electrons. The van der Waals surface area contributed by atoms with Crippen LogP contribution in [0.4, 0.5) is 0 Å². The Morgan fingerprint density at radius 1 is 0.438 bits per heavy atom. The molecule has 7 aromatic carbocycles. The number of nitrogens with zero attached hydrogens (tertiary/aromatic N) is 1. The number of allylic oxidation sites excluding steroid dienone is 4. The molecule has 1 heterocycles. The summed E-state index contributed by atoms with van der Waals surface area (Å²) in [6, 6.07) is 39.2. The first kappa shape index (κ1) is 26.6. The second-order valence-electron chi connectivity index (χ2n) is 12.4. The summed E-state index contributed by atoms with van der Waals surface area (Å²) < 4.78 is 0. The summed E-state index contributed by atoms with van der Waals surface area (Å²) >= 11 is 0. The van der Waals surface area contributed by atoms with Crippen LogP contribution in [0.2, 0.25) is 0 Å². The van der Waals surface area contributed by atoms with Gasteiger partial charge >= 0.3 is 0 Å². The maximum Gasteiger partial charge on any atom is 0.190 e. The fraction of sp³-hybridized carbons (Fsp3) is 0. The van der Waals surface area contributed by atoms with Crippen LogP contribution in [-0.4, -0.2) is 17.4 Å². The smallest absolute Gasteiger partial charge is 0.190 e. The molecule has 5 nitrogen and oxygen atoms in total. The first-order valence-corrected chi connectivity index (χ1v) is 16.0. The van der Waals surface area contributed by atoms with Crippen LogP contribution in [0, 0.1) is 0 Å². The van der Waals surface area contributed by atoms with E-state index < -0.39 is 0 Å². The monoisotopic (exact) mass is 615 g/mol. The summed E-state index contributed by atoms with van der Waals surface area (Å²) in [5.41, 5.74) is 5.31. The molecule has 5 heteroatoms. The number of rotatable bonds is 1. The maximum atomic E-state index is 13.7. The zero-order valence-corrected chi connectivity index (χ0v) is 25.5. The fourth-order valence-corrected chi connectivity index (χ4v) is 7.67. The molecule has 48 heavy (non-hydrogen) atoms. The number of hydrogen-bond acceptors (Lipinski definition) is 5. The van der Waals surface area contributed by atoms with Crippen molar-refractivity contribution in [3.8, 4) is 0 Å². The molecule has 0 atom stereocenters. The van der Waals surface area contributed by atoms with Gasteiger partial charge in [-0.3, -0.25) is 9.59 Å². The molecule has 0 unspecified atom stereocenters. The lowest BCUT2D eigenvalue weighted by molar-refractivity contribution is -0.110. The minimum atomic E-state index is -0.151. The van der Waals surface area contributed by atoms with Gasteiger partial charge in [-0.1, -0.05) is 121 Å². The van der Waals surface area contributed by atoms with Gasteiger partial charge in [0.25, 0.3) is 0 Å². The lowest BCUT2D eigenvalue weighted by Gasteiger charge is -2.28. The van der Waals surface area contributed by atoms with Crippen molar-refractivity contribution in [1.29, 1.82) is 0 Å².